The molecule has 3 atom stereocenters. The van der Waals surface area contributed by atoms with Gasteiger partial charge in [-0.05, 0) is 6.42 Å². The van der Waals surface area contributed by atoms with Crippen LogP contribution in [0.1, 0.15) is 6.42 Å². The van der Waals surface area contributed by atoms with E-state index in [9.17, 15) is 0 Å². The molecule has 2 aliphatic rings. The second-order valence-corrected chi connectivity index (χ2v) is 2.28. The zero-order valence-electron chi connectivity index (χ0n) is 4.00. The van der Waals surface area contributed by atoms with Crippen molar-refractivity contribution in [3.63, 3.8) is 0 Å². The van der Waals surface area contributed by atoms with Crippen LogP contribution >= 0.6 is 0 Å². The molecule has 2 fully saturated rings. The quantitative estimate of drug-likeness (QED) is 0.455. The van der Waals surface area contributed by atoms with E-state index >= 15 is 0 Å². The summed E-state index contributed by atoms with van der Waals surface area (Å²) in [6.07, 6.45) is 1.21. The van der Waals surface area contributed by atoms with Gasteiger partial charge in [-0.2, -0.15) is 0 Å². The van der Waals surface area contributed by atoms with E-state index in [1.54, 1.807) is 0 Å². The maximum absolute atomic E-state index is 8.82. The molecule has 3 unspecified atom stereocenters. The van der Waals surface area contributed by atoms with Gasteiger partial charge < -0.3 is 9.84 Å². The van der Waals surface area contributed by atoms with Crippen LogP contribution in [-0.2, 0) is 4.74 Å². The van der Waals surface area contributed by atoms with Crippen LogP contribution in [0.3, 0.4) is 0 Å². The van der Waals surface area contributed by atoms with Gasteiger partial charge in [0.1, 0.15) is 0 Å². The van der Waals surface area contributed by atoms with E-state index in [1.807, 2.05) is 0 Å². The highest BCUT2D eigenvalue weighted by Gasteiger charge is 2.53. The monoisotopic (exact) mass is 100 g/mol. The molecule has 0 aromatic rings. The van der Waals surface area contributed by atoms with Gasteiger partial charge in [-0.1, -0.05) is 0 Å². The molecule has 0 bridgehead atoms. The van der Waals surface area contributed by atoms with E-state index in [1.165, 1.54) is 0 Å². The standard InChI is InChI=1S/C5H8O2/c6-4-3-1-2-7-5(3)4/h3-6H,1-2H2. The highest BCUT2D eigenvalue weighted by Crippen LogP contribution is 2.42. The molecular weight excluding hydrogens is 92.1 g/mol. The van der Waals surface area contributed by atoms with Crippen molar-refractivity contribution in [2.75, 3.05) is 6.61 Å². The molecule has 1 N–H and O–H groups in total. The van der Waals surface area contributed by atoms with Gasteiger partial charge in [0.25, 0.3) is 0 Å². The Morgan fingerprint density at radius 1 is 1.57 bits per heavy atom. The first-order valence-electron chi connectivity index (χ1n) is 2.69. The Morgan fingerprint density at radius 2 is 2.43 bits per heavy atom. The van der Waals surface area contributed by atoms with Gasteiger partial charge in [0.2, 0.25) is 0 Å². The van der Waals surface area contributed by atoms with E-state index in [4.69, 9.17) is 9.84 Å². The summed E-state index contributed by atoms with van der Waals surface area (Å²) in [6, 6.07) is 0. The summed E-state index contributed by atoms with van der Waals surface area (Å²) in [6.45, 7) is 0.867. The van der Waals surface area contributed by atoms with Gasteiger partial charge in [-0.15, -0.1) is 0 Å². The number of ether oxygens (including phenoxy) is 1. The number of hydrogen-bond acceptors (Lipinski definition) is 2. The van der Waals surface area contributed by atoms with E-state index < -0.39 is 0 Å². The summed E-state index contributed by atoms with van der Waals surface area (Å²) < 4.78 is 5.09. The lowest BCUT2D eigenvalue weighted by Gasteiger charge is -1.92. The summed E-state index contributed by atoms with van der Waals surface area (Å²) >= 11 is 0. The topological polar surface area (TPSA) is 29.5 Å². The molecule has 1 aliphatic carbocycles. The summed E-state index contributed by atoms with van der Waals surface area (Å²) in [5, 5.41) is 8.82. The Bertz CT molecular complexity index is 82.1. The van der Waals surface area contributed by atoms with Gasteiger partial charge >= 0.3 is 0 Å². The zero-order valence-corrected chi connectivity index (χ0v) is 4.00. The number of fused-ring (bicyclic) bond motifs is 1. The van der Waals surface area contributed by atoms with Crippen molar-refractivity contribution in [2.45, 2.75) is 18.6 Å². The molecular formula is C5H8O2. The fraction of sp³-hybridized carbons (Fsp3) is 1.00. The third kappa shape index (κ3) is 0.359. The van der Waals surface area contributed by atoms with Crippen LogP contribution in [0, 0.1) is 5.92 Å². The lowest BCUT2D eigenvalue weighted by molar-refractivity contribution is 0.0942. The molecule has 0 aromatic carbocycles. The van der Waals surface area contributed by atoms with E-state index in [0.717, 1.165) is 13.0 Å². The van der Waals surface area contributed by atoms with Gasteiger partial charge in [-0.25, -0.2) is 0 Å². The highest BCUT2D eigenvalue weighted by atomic mass is 16.5. The molecule has 2 nitrogen and oxygen atoms in total. The van der Waals surface area contributed by atoms with Crippen molar-refractivity contribution in [1.29, 1.82) is 0 Å². The SMILES string of the molecule is OC1C2CCOC12. The molecule has 7 heavy (non-hydrogen) atoms. The number of rotatable bonds is 0. The second-order valence-electron chi connectivity index (χ2n) is 2.28. The minimum Gasteiger partial charge on any atom is -0.390 e. The predicted molar refractivity (Wildman–Crippen MR) is 23.9 cm³/mol. The Kier molecular flexibility index (Phi) is 0.557. The molecule has 40 valence electrons. The number of hydrogen-bond donors (Lipinski definition) is 1. The van der Waals surface area contributed by atoms with E-state index in [-0.39, 0.29) is 12.2 Å². The maximum Gasteiger partial charge on any atom is 0.0892 e. The van der Waals surface area contributed by atoms with E-state index in [2.05, 4.69) is 0 Å². The summed E-state index contributed by atoms with van der Waals surface area (Å²) in [4.78, 5) is 0. The summed E-state index contributed by atoms with van der Waals surface area (Å²) in [5.74, 6) is 0.514. The predicted octanol–water partition coefficient (Wildman–Crippen LogP) is -0.234. The van der Waals surface area contributed by atoms with E-state index in [0.29, 0.717) is 5.92 Å². The first-order valence-corrected chi connectivity index (χ1v) is 2.69. The lowest BCUT2D eigenvalue weighted by atomic mass is 10.3. The van der Waals surface area contributed by atoms with Crippen LogP contribution in [0.25, 0.3) is 0 Å². The molecule has 2 rings (SSSR count). The third-order valence-electron chi connectivity index (χ3n) is 1.82. The van der Waals surface area contributed by atoms with Crippen LogP contribution in [0.5, 0.6) is 0 Å². The number of aliphatic hydroxyl groups is 1. The molecule has 1 aliphatic heterocycles. The van der Waals surface area contributed by atoms with Crippen molar-refractivity contribution in [1.82, 2.24) is 0 Å². The minimum absolute atomic E-state index is 0.103. The fourth-order valence-electron chi connectivity index (χ4n) is 1.22. The Labute approximate surface area is 42.1 Å². The van der Waals surface area contributed by atoms with Crippen molar-refractivity contribution in [3.8, 4) is 0 Å². The molecule has 0 aromatic heterocycles. The van der Waals surface area contributed by atoms with Crippen LogP contribution in [-0.4, -0.2) is 23.9 Å². The molecule has 2 heteroatoms. The number of aliphatic hydroxyl groups excluding tert-OH is 1. The van der Waals surface area contributed by atoms with Crippen molar-refractivity contribution < 1.29 is 9.84 Å². The lowest BCUT2D eigenvalue weighted by Crippen LogP contribution is -1.98. The van der Waals surface area contributed by atoms with Crippen molar-refractivity contribution in [3.05, 3.63) is 0 Å². The van der Waals surface area contributed by atoms with Crippen LogP contribution in [0.2, 0.25) is 0 Å². The van der Waals surface area contributed by atoms with Crippen LogP contribution in [0.4, 0.5) is 0 Å². The largest absolute Gasteiger partial charge is 0.390 e. The first-order chi connectivity index (χ1) is 3.39. The summed E-state index contributed by atoms with van der Waals surface area (Å²) in [7, 11) is 0. The maximum atomic E-state index is 8.82. The average molecular weight is 100 g/mol. The van der Waals surface area contributed by atoms with Crippen LogP contribution < -0.4 is 0 Å². The smallest absolute Gasteiger partial charge is 0.0892 e. The Hall–Kier alpha value is -0.0800. The average Bonchev–Trinajstić information content (AvgIpc) is 2.26. The molecule has 0 radical (unpaired) electrons. The summed E-state index contributed by atoms with van der Waals surface area (Å²) in [5.41, 5.74) is 0. The molecule has 0 amide bonds. The molecule has 1 saturated heterocycles. The van der Waals surface area contributed by atoms with Gasteiger partial charge in [0.05, 0.1) is 12.2 Å². The van der Waals surface area contributed by atoms with Crippen LogP contribution in [0.15, 0.2) is 0 Å². The van der Waals surface area contributed by atoms with Gasteiger partial charge in [-0.3, -0.25) is 0 Å². The zero-order chi connectivity index (χ0) is 4.85. The Balaban J connectivity index is 2.06. The molecule has 0 spiro atoms. The molecule has 1 heterocycles. The van der Waals surface area contributed by atoms with Gasteiger partial charge in [0, 0.05) is 12.5 Å². The fourth-order valence-corrected chi connectivity index (χ4v) is 1.22. The minimum atomic E-state index is -0.103. The second kappa shape index (κ2) is 1.01. The Morgan fingerprint density at radius 3 is 2.71 bits per heavy atom. The first kappa shape index (κ1) is 3.87. The highest BCUT2D eigenvalue weighted by molar-refractivity contribution is 5.02. The van der Waals surface area contributed by atoms with Crippen molar-refractivity contribution >= 4 is 0 Å². The normalized spacial score (nSPS) is 57.0. The van der Waals surface area contributed by atoms with Gasteiger partial charge in [0.15, 0.2) is 0 Å². The van der Waals surface area contributed by atoms with Crippen molar-refractivity contribution in [2.24, 2.45) is 5.92 Å². The third-order valence-corrected chi connectivity index (χ3v) is 1.82. The molecule has 1 saturated carbocycles.